The number of rotatable bonds is 4. The van der Waals surface area contributed by atoms with Gasteiger partial charge in [-0.15, -0.1) is 11.3 Å². The largest absolute Gasteiger partial charge is 0.347 e. The van der Waals surface area contributed by atoms with E-state index in [1.165, 1.54) is 0 Å². The molecule has 4 heteroatoms. The summed E-state index contributed by atoms with van der Waals surface area (Å²) in [5.74, 6) is 0.0152. The van der Waals surface area contributed by atoms with Crippen LogP contribution in [-0.2, 0) is 11.3 Å². The van der Waals surface area contributed by atoms with Crippen molar-refractivity contribution in [1.82, 2.24) is 5.32 Å². The maximum absolute atomic E-state index is 11.5. The lowest BCUT2D eigenvalue weighted by molar-refractivity contribution is -0.117. The second-order valence-electron chi connectivity index (χ2n) is 3.18. The number of carbonyl (C=O) groups is 1. The van der Waals surface area contributed by atoms with Gasteiger partial charge in [-0.25, -0.2) is 0 Å². The Bertz CT molecular complexity index is 370. The summed E-state index contributed by atoms with van der Waals surface area (Å²) < 4.78 is 1.09. The van der Waals surface area contributed by atoms with Gasteiger partial charge in [0.15, 0.2) is 0 Å². The highest BCUT2D eigenvalue weighted by Crippen LogP contribution is 2.21. The zero-order valence-electron chi connectivity index (χ0n) is 8.84. The Morgan fingerprint density at radius 2 is 2.33 bits per heavy atom. The summed E-state index contributed by atoms with van der Waals surface area (Å²) in [6.07, 6.45) is 2.82. The second-order valence-corrected chi connectivity index (χ2v) is 5.73. The van der Waals surface area contributed by atoms with Crippen LogP contribution in [0.4, 0.5) is 0 Å². The Labute approximate surface area is 103 Å². The van der Waals surface area contributed by atoms with Crippen molar-refractivity contribution in [3.8, 4) is 0 Å². The minimum absolute atomic E-state index is 0.0152. The minimum atomic E-state index is 0.0152. The van der Waals surface area contributed by atoms with E-state index in [1.807, 2.05) is 32.1 Å². The van der Waals surface area contributed by atoms with Crippen LogP contribution in [0.3, 0.4) is 0 Å². The predicted octanol–water partition coefficient (Wildman–Crippen LogP) is 3.48. The van der Waals surface area contributed by atoms with Gasteiger partial charge in [-0.05, 0) is 41.4 Å². The van der Waals surface area contributed by atoms with Gasteiger partial charge in [0.2, 0.25) is 5.91 Å². The standard InChI is InChI=1S/C11H14BrNOS/c1-3-4-8(2)11(14)13-7-9-5-6-10(12)15-9/h4-6H,3,7H2,1-2H3,(H,13,14)/b8-4-. The quantitative estimate of drug-likeness (QED) is 0.844. The third-order valence-corrected chi connectivity index (χ3v) is 3.54. The minimum Gasteiger partial charge on any atom is -0.347 e. The number of hydrogen-bond acceptors (Lipinski definition) is 2. The topological polar surface area (TPSA) is 29.1 Å². The summed E-state index contributed by atoms with van der Waals surface area (Å²) >= 11 is 5.02. The van der Waals surface area contributed by atoms with Gasteiger partial charge in [0.1, 0.15) is 0 Å². The van der Waals surface area contributed by atoms with Crippen molar-refractivity contribution >= 4 is 33.2 Å². The number of allylic oxidation sites excluding steroid dienone is 1. The molecule has 0 saturated carbocycles. The number of halogens is 1. The molecule has 1 N–H and O–H groups in total. The van der Waals surface area contributed by atoms with Gasteiger partial charge in [-0.2, -0.15) is 0 Å². The molecule has 0 bridgehead atoms. The summed E-state index contributed by atoms with van der Waals surface area (Å²) in [5, 5.41) is 2.88. The molecule has 1 amide bonds. The van der Waals surface area contributed by atoms with E-state index in [2.05, 4.69) is 21.2 Å². The highest BCUT2D eigenvalue weighted by molar-refractivity contribution is 9.11. The maximum Gasteiger partial charge on any atom is 0.246 e. The molecule has 15 heavy (non-hydrogen) atoms. The fourth-order valence-corrected chi connectivity index (χ4v) is 2.58. The van der Waals surface area contributed by atoms with Gasteiger partial charge in [-0.3, -0.25) is 4.79 Å². The van der Waals surface area contributed by atoms with Gasteiger partial charge in [-0.1, -0.05) is 13.0 Å². The SMILES string of the molecule is CC/C=C(/C)C(=O)NCc1ccc(Br)s1. The van der Waals surface area contributed by atoms with Crippen LogP contribution < -0.4 is 5.32 Å². The molecule has 0 radical (unpaired) electrons. The van der Waals surface area contributed by atoms with E-state index in [1.54, 1.807) is 11.3 Å². The van der Waals surface area contributed by atoms with E-state index < -0.39 is 0 Å². The monoisotopic (exact) mass is 287 g/mol. The molecule has 1 aromatic heterocycles. The lowest BCUT2D eigenvalue weighted by Gasteiger charge is -2.03. The highest BCUT2D eigenvalue weighted by Gasteiger charge is 2.03. The zero-order valence-corrected chi connectivity index (χ0v) is 11.2. The Morgan fingerprint density at radius 3 is 2.87 bits per heavy atom. The Hall–Kier alpha value is -0.610. The van der Waals surface area contributed by atoms with Crippen LogP contribution >= 0.6 is 27.3 Å². The van der Waals surface area contributed by atoms with Crippen molar-refractivity contribution in [1.29, 1.82) is 0 Å². The van der Waals surface area contributed by atoms with Gasteiger partial charge in [0.25, 0.3) is 0 Å². The van der Waals surface area contributed by atoms with Crippen molar-refractivity contribution < 1.29 is 4.79 Å². The van der Waals surface area contributed by atoms with E-state index in [-0.39, 0.29) is 5.91 Å². The van der Waals surface area contributed by atoms with Crippen LogP contribution in [0.5, 0.6) is 0 Å². The van der Waals surface area contributed by atoms with Gasteiger partial charge < -0.3 is 5.32 Å². The van der Waals surface area contributed by atoms with Crippen molar-refractivity contribution in [3.05, 3.63) is 32.4 Å². The molecule has 0 aromatic carbocycles. The van der Waals surface area contributed by atoms with Crippen molar-refractivity contribution in [2.24, 2.45) is 0 Å². The smallest absolute Gasteiger partial charge is 0.246 e. The maximum atomic E-state index is 11.5. The molecular formula is C11H14BrNOS. The fraction of sp³-hybridized carbons (Fsp3) is 0.364. The molecule has 0 atom stereocenters. The molecule has 0 aliphatic rings. The van der Waals surface area contributed by atoms with Crippen LogP contribution in [-0.4, -0.2) is 5.91 Å². The molecule has 0 aliphatic heterocycles. The van der Waals surface area contributed by atoms with Gasteiger partial charge >= 0.3 is 0 Å². The third kappa shape index (κ3) is 4.18. The number of nitrogens with one attached hydrogen (secondary N) is 1. The first kappa shape index (κ1) is 12.5. The molecule has 0 aliphatic carbocycles. The van der Waals surface area contributed by atoms with Gasteiger partial charge in [0.05, 0.1) is 10.3 Å². The summed E-state index contributed by atoms with van der Waals surface area (Å²) in [5.41, 5.74) is 0.785. The highest BCUT2D eigenvalue weighted by atomic mass is 79.9. The van der Waals surface area contributed by atoms with E-state index in [9.17, 15) is 4.79 Å². The number of thiophene rings is 1. The first-order valence-electron chi connectivity index (χ1n) is 4.82. The van der Waals surface area contributed by atoms with E-state index >= 15 is 0 Å². The van der Waals surface area contributed by atoms with Crippen molar-refractivity contribution in [3.63, 3.8) is 0 Å². The average Bonchev–Trinajstić information content (AvgIpc) is 2.61. The first-order chi connectivity index (χ1) is 7.13. The molecule has 82 valence electrons. The van der Waals surface area contributed by atoms with Crippen LogP contribution in [0.2, 0.25) is 0 Å². The fourth-order valence-electron chi connectivity index (χ4n) is 1.15. The molecule has 0 saturated heterocycles. The predicted molar refractivity (Wildman–Crippen MR) is 67.9 cm³/mol. The van der Waals surface area contributed by atoms with Crippen LogP contribution in [0.25, 0.3) is 0 Å². The molecular weight excluding hydrogens is 274 g/mol. The normalized spacial score (nSPS) is 11.5. The molecule has 0 spiro atoms. The lowest BCUT2D eigenvalue weighted by Crippen LogP contribution is -2.22. The van der Waals surface area contributed by atoms with Crippen LogP contribution in [0.1, 0.15) is 25.1 Å². The molecule has 1 rings (SSSR count). The summed E-state index contributed by atoms with van der Waals surface area (Å²) in [7, 11) is 0. The van der Waals surface area contributed by atoms with E-state index in [4.69, 9.17) is 0 Å². The Kier molecular flexibility index (Phi) is 5.05. The Morgan fingerprint density at radius 1 is 1.60 bits per heavy atom. The van der Waals surface area contributed by atoms with Crippen LogP contribution in [0.15, 0.2) is 27.6 Å². The Balaban J connectivity index is 2.44. The molecule has 1 aromatic rings. The van der Waals surface area contributed by atoms with Crippen LogP contribution in [0, 0.1) is 0 Å². The zero-order chi connectivity index (χ0) is 11.3. The lowest BCUT2D eigenvalue weighted by atomic mass is 10.2. The summed E-state index contributed by atoms with van der Waals surface area (Å²) in [4.78, 5) is 12.7. The molecule has 0 unspecified atom stereocenters. The molecule has 2 nitrogen and oxygen atoms in total. The van der Waals surface area contributed by atoms with Gasteiger partial charge in [0, 0.05) is 10.5 Å². The van der Waals surface area contributed by atoms with E-state index in [0.29, 0.717) is 6.54 Å². The average molecular weight is 288 g/mol. The molecule has 0 fully saturated rings. The van der Waals surface area contributed by atoms with E-state index in [0.717, 1.165) is 20.7 Å². The number of amides is 1. The second kappa shape index (κ2) is 6.08. The number of hydrogen-bond donors (Lipinski definition) is 1. The van der Waals surface area contributed by atoms with Crippen molar-refractivity contribution in [2.45, 2.75) is 26.8 Å². The molecule has 1 heterocycles. The number of carbonyl (C=O) groups excluding carboxylic acids is 1. The summed E-state index contributed by atoms with van der Waals surface area (Å²) in [6.45, 7) is 4.46. The summed E-state index contributed by atoms with van der Waals surface area (Å²) in [6, 6.07) is 3.99. The van der Waals surface area contributed by atoms with Crippen molar-refractivity contribution in [2.75, 3.05) is 0 Å². The third-order valence-electron chi connectivity index (χ3n) is 1.92. The first-order valence-corrected chi connectivity index (χ1v) is 6.43.